The average molecular weight is 321 g/mol. The van der Waals surface area contributed by atoms with Crippen molar-refractivity contribution >= 4 is 14.3 Å². The molecule has 0 bridgehead atoms. The number of ether oxygens (including phenoxy) is 1. The highest BCUT2D eigenvalue weighted by molar-refractivity contribution is 6.74. The van der Waals surface area contributed by atoms with E-state index in [4.69, 9.17) is 9.16 Å². The summed E-state index contributed by atoms with van der Waals surface area (Å²) in [4.78, 5) is 12.2. The predicted octanol–water partition coefficient (Wildman–Crippen LogP) is 4.49. The Morgan fingerprint density at radius 2 is 1.82 bits per heavy atom. The van der Waals surface area contributed by atoms with Crippen LogP contribution < -0.4 is 0 Å². The van der Waals surface area contributed by atoms with Crippen LogP contribution in [0.5, 0.6) is 0 Å². The normalized spacial score (nSPS) is 25.5. The molecule has 0 unspecified atom stereocenters. The molecule has 0 aromatic heterocycles. The Hall–Kier alpha value is -1.13. The van der Waals surface area contributed by atoms with Crippen LogP contribution in [0.3, 0.4) is 0 Å². The summed E-state index contributed by atoms with van der Waals surface area (Å²) >= 11 is 0. The summed E-state index contributed by atoms with van der Waals surface area (Å²) in [6.07, 6.45) is 1.71. The summed E-state index contributed by atoms with van der Waals surface area (Å²) in [7, 11) is -0.540. The van der Waals surface area contributed by atoms with Gasteiger partial charge in [-0.2, -0.15) is 0 Å². The van der Waals surface area contributed by atoms with Crippen molar-refractivity contribution in [2.75, 3.05) is 7.11 Å². The lowest BCUT2D eigenvalue weighted by Crippen LogP contribution is -2.58. The lowest BCUT2D eigenvalue weighted by atomic mass is 9.65. The number of carbonyl (C=O) groups is 1. The Morgan fingerprint density at radius 1 is 1.23 bits per heavy atom. The molecule has 0 amide bonds. The molecule has 1 saturated carbocycles. The van der Waals surface area contributed by atoms with E-state index in [1.807, 2.05) is 18.2 Å². The minimum atomic E-state index is -2.00. The van der Waals surface area contributed by atoms with Crippen LogP contribution in [0.25, 0.3) is 0 Å². The molecule has 1 aliphatic carbocycles. The lowest BCUT2D eigenvalue weighted by Gasteiger charge is -2.54. The van der Waals surface area contributed by atoms with Crippen LogP contribution in [0.4, 0.5) is 0 Å². The standard InChI is InChI=1S/C18H28O3Si/c1-17(2,3)22(5,6)21-18(14-10-8-7-9-11-14)13-12-15(18)16(19)20-4/h7-11,15H,12-13H2,1-6H3/t15-,18+/m0/s1. The minimum absolute atomic E-state index is 0.102. The van der Waals surface area contributed by atoms with Crippen molar-refractivity contribution in [3.63, 3.8) is 0 Å². The zero-order valence-electron chi connectivity index (χ0n) is 14.6. The Bertz CT molecular complexity index is 533. The first-order chi connectivity index (χ1) is 10.1. The van der Waals surface area contributed by atoms with Crippen molar-refractivity contribution in [2.24, 2.45) is 5.92 Å². The maximum Gasteiger partial charge on any atom is 0.311 e. The largest absolute Gasteiger partial charge is 0.469 e. The molecule has 3 nitrogen and oxygen atoms in total. The van der Waals surface area contributed by atoms with Crippen molar-refractivity contribution < 1.29 is 14.0 Å². The van der Waals surface area contributed by atoms with Crippen LogP contribution in [0.1, 0.15) is 39.2 Å². The monoisotopic (exact) mass is 320 g/mol. The summed E-state index contributed by atoms with van der Waals surface area (Å²) in [5.41, 5.74) is 0.582. The first-order valence-corrected chi connectivity index (χ1v) is 10.9. The van der Waals surface area contributed by atoms with E-state index >= 15 is 0 Å². The zero-order chi connectivity index (χ0) is 16.6. The third-order valence-electron chi connectivity index (χ3n) is 5.36. The maximum atomic E-state index is 12.2. The van der Waals surface area contributed by atoms with Gasteiger partial charge in [0.25, 0.3) is 0 Å². The second kappa shape index (κ2) is 5.82. The van der Waals surface area contributed by atoms with Gasteiger partial charge in [0, 0.05) is 0 Å². The van der Waals surface area contributed by atoms with Crippen molar-refractivity contribution in [1.82, 2.24) is 0 Å². The summed E-state index contributed by atoms with van der Waals surface area (Å²) in [5, 5.41) is 0.102. The van der Waals surface area contributed by atoms with Crippen molar-refractivity contribution in [3.05, 3.63) is 35.9 Å². The van der Waals surface area contributed by atoms with Gasteiger partial charge in [0.15, 0.2) is 8.32 Å². The van der Waals surface area contributed by atoms with E-state index < -0.39 is 13.9 Å². The van der Waals surface area contributed by atoms with Gasteiger partial charge in [-0.3, -0.25) is 4.79 Å². The van der Waals surface area contributed by atoms with Gasteiger partial charge in [-0.1, -0.05) is 51.1 Å². The van der Waals surface area contributed by atoms with Gasteiger partial charge in [-0.25, -0.2) is 0 Å². The van der Waals surface area contributed by atoms with E-state index in [1.54, 1.807) is 0 Å². The van der Waals surface area contributed by atoms with E-state index in [0.717, 1.165) is 18.4 Å². The molecule has 1 aromatic rings. The van der Waals surface area contributed by atoms with Gasteiger partial charge in [0.2, 0.25) is 0 Å². The molecule has 0 N–H and O–H groups in total. The fourth-order valence-corrected chi connectivity index (χ4v) is 4.44. The van der Waals surface area contributed by atoms with Gasteiger partial charge in [0.05, 0.1) is 18.6 Å². The quantitative estimate of drug-likeness (QED) is 0.606. The molecule has 22 heavy (non-hydrogen) atoms. The third kappa shape index (κ3) is 2.86. The van der Waals surface area contributed by atoms with Crippen LogP contribution in [0.15, 0.2) is 30.3 Å². The van der Waals surface area contributed by atoms with Crippen molar-refractivity contribution in [2.45, 2.75) is 57.3 Å². The Labute approximate surface area is 135 Å². The second-order valence-corrected chi connectivity index (χ2v) is 12.5. The summed E-state index contributed by atoms with van der Waals surface area (Å²) < 4.78 is 11.8. The van der Waals surface area contributed by atoms with Gasteiger partial charge < -0.3 is 9.16 Å². The molecular formula is C18H28O3Si. The van der Waals surface area contributed by atoms with Crippen LogP contribution in [-0.4, -0.2) is 21.4 Å². The average Bonchev–Trinajstić information content (AvgIpc) is 2.43. The van der Waals surface area contributed by atoms with E-state index in [9.17, 15) is 4.79 Å². The fraction of sp³-hybridized carbons (Fsp3) is 0.611. The van der Waals surface area contributed by atoms with E-state index in [-0.39, 0.29) is 16.9 Å². The van der Waals surface area contributed by atoms with E-state index in [0.29, 0.717) is 0 Å². The first kappa shape index (κ1) is 17.2. The van der Waals surface area contributed by atoms with Crippen LogP contribution >= 0.6 is 0 Å². The molecule has 1 fully saturated rings. The molecule has 0 spiro atoms. The predicted molar refractivity (Wildman–Crippen MR) is 91.1 cm³/mol. The van der Waals surface area contributed by atoms with E-state index in [1.165, 1.54) is 7.11 Å². The Kier molecular flexibility index (Phi) is 4.55. The minimum Gasteiger partial charge on any atom is -0.469 e. The number of hydrogen-bond donors (Lipinski definition) is 0. The van der Waals surface area contributed by atoms with Gasteiger partial charge in [-0.15, -0.1) is 0 Å². The zero-order valence-corrected chi connectivity index (χ0v) is 15.6. The highest BCUT2D eigenvalue weighted by atomic mass is 28.4. The van der Waals surface area contributed by atoms with Crippen LogP contribution in [-0.2, 0) is 19.6 Å². The van der Waals surface area contributed by atoms with Crippen molar-refractivity contribution in [1.29, 1.82) is 0 Å². The highest BCUT2D eigenvalue weighted by Crippen LogP contribution is 2.54. The topological polar surface area (TPSA) is 35.5 Å². The Morgan fingerprint density at radius 3 is 2.23 bits per heavy atom. The first-order valence-electron chi connectivity index (χ1n) is 7.97. The molecule has 2 rings (SSSR count). The van der Waals surface area contributed by atoms with Crippen molar-refractivity contribution in [3.8, 4) is 0 Å². The molecule has 4 heteroatoms. The number of methoxy groups -OCH3 is 1. The summed E-state index contributed by atoms with van der Waals surface area (Å²) in [6.45, 7) is 11.2. The lowest BCUT2D eigenvalue weighted by molar-refractivity contribution is -0.169. The molecule has 0 aliphatic heterocycles. The molecule has 1 aromatic carbocycles. The number of benzene rings is 1. The van der Waals surface area contributed by atoms with Gasteiger partial charge >= 0.3 is 5.97 Å². The molecule has 0 saturated heterocycles. The molecule has 2 atom stereocenters. The SMILES string of the molecule is COC(=O)[C@@H]1CC[C@@]1(O[Si](C)(C)C(C)(C)C)c1ccccc1. The second-order valence-electron chi connectivity index (χ2n) is 7.73. The van der Waals surface area contributed by atoms with Crippen LogP contribution in [0.2, 0.25) is 18.1 Å². The highest BCUT2D eigenvalue weighted by Gasteiger charge is 2.57. The molecule has 1 aliphatic rings. The van der Waals surface area contributed by atoms with E-state index in [2.05, 4.69) is 46.0 Å². The number of carbonyl (C=O) groups excluding carboxylic acids is 1. The number of hydrogen-bond acceptors (Lipinski definition) is 3. The summed E-state index contributed by atoms with van der Waals surface area (Å²) in [5.74, 6) is -0.358. The van der Waals surface area contributed by atoms with Gasteiger partial charge in [-0.05, 0) is 36.5 Å². The van der Waals surface area contributed by atoms with Gasteiger partial charge in [0.1, 0.15) is 0 Å². The number of esters is 1. The molecule has 0 heterocycles. The van der Waals surface area contributed by atoms with Crippen LogP contribution in [0, 0.1) is 5.92 Å². The molecular weight excluding hydrogens is 292 g/mol. The maximum absolute atomic E-state index is 12.2. The smallest absolute Gasteiger partial charge is 0.311 e. The number of rotatable bonds is 4. The molecule has 0 radical (unpaired) electrons. The summed E-state index contributed by atoms with van der Waals surface area (Å²) in [6, 6.07) is 10.2. The Balaban J connectivity index is 2.43. The third-order valence-corrected chi connectivity index (χ3v) is 9.85. The molecule has 122 valence electrons. The fourth-order valence-electron chi connectivity index (χ4n) is 2.86.